The number of hydrogen-bond acceptors (Lipinski definition) is 2. The number of imidazole rings is 1. The van der Waals surface area contributed by atoms with Crippen molar-refractivity contribution in [3.63, 3.8) is 0 Å². The zero-order valence-electron chi connectivity index (χ0n) is 16.8. The van der Waals surface area contributed by atoms with Gasteiger partial charge in [-0.1, -0.05) is 84.9 Å². The van der Waals surface area contributed by atoms with Crippen LogP contribution in [-0.2, 0) is 0 Å². The molecule has 0 radical (unpaired) electrons. The van der Waals surface area contributed by atoms with Crippen LogP contribution in [-0.4, -0.2) is 15.0 Å². The second-order valence-electron chi connectivity index (χ2n) is 7.62. The lowest BCUT2D eigenvalue weighted by molar-refractivity contribution is 1.32. The SMILES string of the molecule is c1ccc(-c2ccc(-c3cc(-c4nc5ccccc5[nH]4)c4ccccc4n3)cc2)cc1. The molecule has 146 valence electrons. The molecule has 2 aromatic heterocycles. The van der Waals surface area contributed by atoms with Gasteiger partial charge in [0.05, 0.1) is 22.2 Å². The Balaban J connectivity index is 1.50. The quantitative estimate of drug-likeness (QED) is 0.346. The summed E-state index contributed by atoms with van der Waals surface area (Å²) in [5.74, 6) is 0.863. The lowest BCUT2D eigenvalue weighted by Crippen LogP contribution is -1.91. The Morgan fingerprint density at radius 3 is 1.97 bits per heavy atom. The van der Waals surface area contributed by atoms with Gasteiger partial charge in [0.2, 0.25) is 0 Å². The topological polar surface area (TPSA) is 41.6 Å². The largest absolute Gasteiger partial charge is 0.338 e. The monoisotopic (exact) mass is 397 g/mol. The highest BCUT2D eigenvalue weighted by molar-refractivity contribution is 5.96. The van der Waals surface area contributed by atoms with Crippen LogP contribution >= 0.6 is 0 Å². The molecule has 2 heterocycles. The number of H-pyrrole nitrogens is 1. The van der Waals surface area contributed by atoms with Crippen LogP contribution < -0.4 is 0 Å². The highest BCUT2D eigenvalue weighted by Gasteiger charge is 2.13. The number of rotatable bonds is 3. The molecule has 0 fully saturated rings. The minimum atomic E-state index is 0.863. The van der Waals surface area contributed by atoms with E-state index in [1.807, 2.05) is 36.4 Å². The first kappa shape index (κ1) is 17.6. The van der Waals surface area contributed by atoms with Gasteiger partial charge in [-0.25, -0.2) is 9.97 Å². The Kier molecular flexibility index (Phi) is 4.10. The van der Waals surface area contributed by atoms with Crippen LogP contribution in [0.15, 0.2) is 109 Å². The van der Waals surface area contributed by atoms with Crippen LogP contribution in [0.4, 0.5) is 0 Å². The maximum Gasteiger partial charge on any atom is 0.139 e. The minimum absolute atomic E-state index is 0.863. The number of para-hydroxylation sites is 3. The predicted octanol–water partition coefficient (Wildman–Crippen LogP) is 7.11. The van der Waals surface area contributed by atoms with E-state index in [9.17, 15) is 0 Å². The molecule has 0 unspecified atom stereocenters. The van der Waals surface area contributed by atoms with Gasteiger partial charge >= 0.3 is 0 Å². The summed E-state index contributed by atoms with van der Waals surface area (Å²) in [6.45, 7) is 0. The zero-order chi connectivity index (χ0) is 20.6. The maximum atomic E-state index is 4.95. The van der Waals surface area contributed by atoms with Gasteiger partial charge in [-0.3, -0.25) is 0 Å². The third-order valence-corrected chi connectivity index (χ3v) is 5.65. The molecular formula is C28H19N3. The lowest BCUT2D eigenvalue weighted by Gasteiger charge is -2.09. The van der Waals surface area contributed by atoms with E-state index in [0.717, 1.165) is 44.6 Å². The van der Waals surface area contributed by atoms with Gasteiger partial charge < -0.3 is 4.98 Å². The van der Waals surface area contributed by atoms with Gasteiger partial charge in [0.1, 0.15) is 5.82 Å². The van der Waals surface area contributed by atoms with Crippen LogP contribution in [0, 0.1) is 0 Å². The fraction of sp³-hybridized carbons (Fsp3) is 0. The second-order valence-corrected chi connectivity index (χ2v) is 7.62. The normalized spacial score (nSPS) is 11.2. The molecule has 0 atom stereocenters. The molecule has 4 aromatic carbocycles. The van der Waals surface area contributed by atoms with Crippen LogP contribution in [0.5, 0.6) is 0 Å². The van der Waals surface area contributed by atoms with Gasteiger partial charge in [-0.05, 0) is 35.4 Å². The molecule has 0 saturated carbocycles. The summed E-state index contributed by atoms with van der Waals surface area (Å²) in [6, 6.07) is 37.5. The van der Waals surface area contributed by atoms with E-state index in [0.29, 0.717) is 0 Å². The van der Waals surface area contributed by atoms with Crippen molar-refractivity contribution in [1.82, 2.24) is 15.0 Å². The van der Waals surface area contributed by atoms with Gasteiger partial charge in [0, 0.05) is 16.5 Å². The molecule has 0 aliphatic rings. The number of nitrogens with zero attached hydrogens (tertiary/aromatic N) is 2. The van der Waals surface area contributed by atoms with Gasteiger partial charge in [0.25, 0.3) is 0 Å². The summed E-state index contributed by atoms with van der Waals surface area (Å²) in [5.41, 5.74) is 8.45. The van der Waals surface area contributed by atoms with Gasteiger partial charge in [-0.15, -0.1) is 0 Å². The summed E-state index contributed by atoms with van der Waals surface area (Å²) in [5, 5.41) is 1.09. The third kappa shape index (κ3) is 3.17. The second kappa shape index (κ2) is 7.22. The number of fused-ring (bicyclic) bond motifs is 2. The van der Waals surface area contributed by atoms with Crippen LogP contribution in [0.1, 0.15) is 0 Å². The molecule has 31 heavy (non-hydrogen) atoms. The molecule has 0 amide bonds. The fourth-order valence-corrected chi connectivity index (χ4v) is 4.06. The molecule has 3 heteroatoms. The average Bonchev–Trinajstić information content (AvgIpc) is 3.28. The first-order valence-electron chi connectivity index (χ1n) is 10.4. The van der Waals surface area contributed by atoms with E-state index in [1.165, 1.54) is 11.1 Å². The third-order valence-electron chi connectivity index (χ3n) is 5.65. The predicted molar refractivity (Wildman–Crippen MR) is 128 cm³/mol. The number of benzene rings is 4. The maximum absolute atomic E-state index is 4.95. The standard InChI is InChI=1S/C28H19N3/c1-2-8-19(9-3-1)20-14-16-21(17-15-20)27-18-23(22-10-4-5-11-24(22)29-27)28-30-25-12-6-7-13-26(25)31-28/h1-18H,(H,30,31). The summed E-state index contributed by atoms with van der Waals surface area (Å²) in [4.78, 5) is 13.3. The van der Waals surface area contributed by atoms with E-state index >= 15 is 0 Å². The molecular weight excluding hydrogens is 378 g/mol. The van der Waals surface area contributed by atoms with Crippen LogP contribution in [0.2, 0.25) is 0 Å². The van der Waals surface area contributed by atoms with E-state index < -0.39 is 0 Å². The van der Waals surface area contributed by atoms with Crippen LogP contribution in [0.3, 0.4) is 0 Å². The summed E-state index contributed by atoms with van der Waals surface area (Å²) in [6.07, 6.45) is 0. The fourth-order valence-electron chi connectivity index (χ4n) is 4.06. The minimum Gasteiger partial charge on any atom is -0.338 e. The number of nitrogens with one attached hydrogen (secondary N) is 1. The zero-order valence-corrected chi connectivity index (χ0v) is 16.8. The van der Waals surface area contributed by atoms with E-state index in [-0.39, 0.29) is 0 Å². The number of pyridine rings is 1. The van der Waals surface area contributed by atoms with Crippen molar-refractivity contribution in [2.75, 3.05) is 0 Å². The molecule has 0 aliphatic carbocycles. The molecule has 3 nitrogen and oxygen atoms in total. The Labute approximate surface area is 180 Å². The summed E-state index contributed by atoms with van der Waals surface area (Å²) in [7, 11) is 0. The highest BCUT2D eigenvalue weighted by atomic mass is 14.9. The molecule has 1 N–H and O–H groups in total. The average molecular weight is 397 g/mol. The number of hydrogen-bond donors (Lipinski definition) is 1. The first-order valence-corrected chi connectivity index (χ1v) is 10.4. The lowest BCUT2D eigenvalue weighted by atomic mass is 10.0. The van der Waals surface area contributed by atoms with Crippen molar-refractivity contribution in [2.45, 2.75) is 0 Å². The molecule has 0 saturated heterocycles. The van der Waals surface area contributed by atoms with E-state index in [1.54, 1.807) is 0 Å². The van der Waals surface area contributed by atoms with Gasteiger partial charge in [-0.2, -0.15) is 0 Å². The van der Waals surface area contributed by atoms with E-state index in [2.05, 4.69) is 77.8 Å². The summed E-state index contributed by atoms with van der Waals surface area (Å²) >= 11 is 0. The molecule has 0 spiro atoms. The molecule has 6 aromatic rings. The van der Waals surface area contributed by atoms with Crippen molar-refractivity contribution in [1.29, 1.82) is 0 Å². The van der Waals surface area contributed by atoms with Gasteiger partial charge in [0.15, 0.2) is 0 Å². The number of aromatic amines is 1. The van der Waals surface area contributed by atoms with Crippen molar-refractivity contribution in [3.8, 4) is 33.8 Å². The van der Waals surface area contributed by atoms with E-state index in [4.69, 9.17) is 9.97 Å². The van der Waals surface area contributed by atoms with Crippen molar-refractivity contribution >= 4 is 21.9 Å². The van der Waals surface area contributed by atoms with Crippen LogP contribution in [0.25, 0.3) is 55.7 Å². The van der Waals surface area contributed by atoms with Crippen molar-refractivity contribution in [2.24, 2.45) is 0 Å². The number of aromatic nitrogens is 3. The molecule has 0 bridgehead atoms. The Morgan fingerprint density at radius 1 is 0.516 bits per heavy atom. The Hall–Kier alpha value is -4.24. The van der Waals surface area contributed by atoms with Crippen molar-refractivity contribution < 1.29 is 0 Å². The molecule has 6 rings (SSSR count). The molecule has 0 aliphatic heterocycles. The smallest absolute Gasteiger partial charge is 0.139 e. The summed E-state index contributed by atoms with van der Waals surface area (Å²) < 4.78 is 0. The first-order chi connectivity index (χ1) is 15.3. The Bertz CT molecular complexity index is 1480. The Morgan fingerprint density at radius 2 is 1.16 bits per heavy atom. The highest BCUT2D eigenvalue weighted by Crippen LogP contribution is 2.32. The van der Waals surface area contributed by atoms with Crippen molar-refractivity contribution in [3.05, 3.63) is 109 Å².